The molecular formula is C24H29N7O4. The number of benzene rings is 1. The Labute approximate surface area is 202 Å². The third-order valence-electron chi connectivity index (χ3n) is 6.69. The van der Waals surface area contributed by atoms with E-state index in [1.807, 2.05) is 12.1 Å². The fraction of sp³-hybridized carbons (Fsp3) is 0.458. The van der Waals surface area contributed by atoms with Crippen molar-refractivity contribution in [3.05, 3.63) is 59.8 Å². The van der Waals surface area contributed by atoms with Crippen LogP contribution in [0.4, 0.5) is 10.5 Å². The maximum absolute atomic E-state index is 12.6. The summed E-state index contributed by atoms with van der Waals surface area (Å²) in [4.78, 5) is 26.9. The van der Waals surface area contributed by atoms with Gasteiger partial charge in [0.05, 0.1) is 25.0 Å². The van der Waals surface area contributed by atoms with Gasteiger partial charge in [-0.25, -0.2) is 14.3 Å². The molecule has 2 amide bonds. The first-order chi connectivity index (χ1) is 17.1. The lowest BCUT2D eigenvalue weighted by molar-refractivity contribution is 0.0526. The number of urea groups is 1. The molecule has 2 N–H and O–H groups in total. The Hall–Kier alpha value is -3.73. The van der Waals surface area contributed by atoms with Crippen LogP contribution in [0.5, 0.6) is 0 Å². The summed E-state index contributed by atoms with van der Waals surface area (Å²) in [6.07, 6.45) is 5.60. The predicted octanol–water partition coefficient (Wildman–Crippen LogP) is 2.81. The first-order valence-corrected chi connectivity index (χ1v) is 12.0. The van der Waals surface area contributed by atoms with Crippen LogP contribution < -0.4 is 10.6 Å². The average molecular weight is 480 g/mol. The molecule has 1 aromatic carbocycles. The number of hydrogen-bond acceptors (Lipinski definition) is 8. The third-order valence-corrected chi connectivity index (χ3v) is 6.69. The van der Waals surface area contributed by atoms with Gasteiger partial charge in [-0.3, -0.25) is 4.90 Å². The molecule has 0 radical (unpaired) electrons. The molecule has 0 saturated carbocycles. The number of fused-ring (bicyclic) bond motifs is 2. The third kappa shape index (κ3) is 5.35. The zero-order valence-corrected chi connectivity index (χ0v) is 19.6. The molecule has 1 unspecified atom stereocenters. The van der Waals surface area contributed by atoms with E-state index in [0.29, 0.717) is 43.0 Å². The van der Waals surface area contributed by atoms with Crippen molar-refractivity contribution < 1.29 is 18.7 Å². The van der Waals surface area contributed by atoms with Crippen LogP contribution in [0, 0.1) is 0 Å². The van der Waals surface area contributed by atoms with E-state index in [1.54, 1.807) is 42.1 Å². The minimum absolute atomic E-state index is 0.0988. The van der Waals surface area contributed by atoms with Gasteiger partial charge in [0, 0.05) is 23.8 Å². The fourth-order valence-electron chi connectivity index (χ4n) is 5.08. The van der Waals surface area contributed by atoms with Gasteiger partial charge in [-0.2, -0.15) is 0 Å². The van der Waals surface area contributed by atoms with Gasteiger partial charge in [0.25, 0.3) is 0 Å². The molecule has 2 bridgehead atoms. The van der Waals surface area contributed by atoms with E-state index >= 15 is 0 Å². The van der Waals surface area contributed by atoms with Crippen molar-refractivity contribution in [1.29, 1.82) is 0 Å². The molecule has 5 rings (SSSR count). The second-order valence-corrected chi connectivity index (χ2v) is 8.95. The van der Waals surface area contributed by atoms with Crippen molar-refractivity contribution in [3.63, 3.8) is 0 Å². The summed E-state index contributed by atoms with van der Waals surface area (Å²) < 4.78 is 12.2. The zero-order chi connectivity index (χ0) is 24.2. The van der Waals surface area contributed by atoms with E-state index in [9.17, 15) is 9.59 Å². The van der Waals surface area contributed by atoms with Gasteiger partial charge < -0.3 is 19.8 Å². The van der Waals surface area contributed by atoms with Gasteiger partial charge in [0.15, 0.2) is 5.82 Å². The van der Waals surface area contributed by atoms with Gasteiger partial charge in [-0.15, -0.1) is 5.10 Å². The Kier molecular flexibility index (Phi) is 6.75. The van der Waals surface area contributed by atoms with E-state index in [2.05, 4.69) is 31.1 Å². The van der Waals surface area contributed by atoms with Crippen LogP contribution in [0.25, 0.3) is 0 Å². The molecule has 2 saturated heterocycles. The zero-order valence-electron chi connectivity index (χ0n) is 19.6. The number of aromatic nitrogens is 4. The number of carbonyl (C=O) groups excluding carboxylic acids is 2. The molecule has 3 atom stereocenters. The molecule has 11 heteroatoms. The van der Waals surface area contributed by atoms with Gasteiger partial charge in [0.2, 0.25) is 0 Å². The van der Waals surface area contributed by atoms with Crippen molar-refractivity contribution in [2.45, 2.75) is 63.8 Å². The van der Waals surface area contributed by atoms with E-state index < -0.39 is 0 Å². The monoisotopic (exact) mass is 479 g/mol. The van der Waals surface area contributed by atoms with Crippen LogP contribution in [0.1, 0.15) is 54.5 Å². The maximum atomic E-state index is 12.6. The molecule has 35 heavy (non-hydrogen) atoms. The predicted molar refractivity (Wildman–Crippen MR) is 126 cm³/mol. The Morgan fingerprint density at radius 2 is 1.89 bits per heavy atom. The van der Waals surface area contributed by atoms with Crippen LogP contribution in [0.3, 0.4) is 0 Å². The average Bonchev–Trinajstić information content (AvgIpc) is 3.56. The molecule has 2 aromatic heterocycles. The quantitative estimate of drug-likeness (QED) is 0.472. The number of nitrogens with one attached hydrogen (secondary N) is 2. The largest absolute Gasteiger partial charge is 0.467 e. The van der Waals surface area contributed by atoms with Crippen LogP contribution in [-0.2, 0) is 17.8 Å². The normalized spacial score (nSPS) is 21.6. The minimum Gasteiger partial charge on any atom is -0.467 e. The molecule has 2 aliphatic heterocycles. The second-order valence-electron chi connectivity index (χ2n) is 8.95. The van der Waals surface area contributed by atoms with Crippen molar-refractivity contribution in [1.82, 2.24) is 30.4 Å². The van der Waals surface area contributed by atoms with Crippen LogP contribution in [0.2, 0.25) is 0 Å². The Morgan fingerprint density at radius 3 is 2.57 bits per heavy atom. The number of esters is 1. The number of anilines is 1. The number of furan rings is 1. The summed E-state index contributed by atoms with van der Waals surface area (Å²) >= 11 is 0. The number of rotatable bonds is 8. The first kappa shape index (κ1) is 23.0. The van der Waals surface area contributed by atoms with Crippen molar-refractivity contribution in [2.75, 3.05) is 11.9 Å². The molecule has 184 valence electrons. The first-order valence-electron chi connectivity index (χ1n) is 12.0. The lowest BCUT2D eigenvalue weighted by Crippen LogP contribution is -2.51. The highest BCUT2D eigenvalue weighted by Gasteiger charge is 2.41. The highest BCUT2D eigenvalue weighted by Crippen LogP contribution is 2.36. The van der Waals surface area contributed by atoms with Crippen molar-refractivity contribution in [2.24, 2.45) is 0 Å². The smallest absolute Gasteiger partial charge is 0.338 e. The Morgan fingerprint density at radius 1 is 1.11 bits per heavy atom. The summed E-state index contributed by atoms with van der Waals surface area (Å²) in [5.41, 5.74) is 1.08. The van der Waals surface area contributed by atoms with Gasteiger partial charge in [0.1, 0.15) is 12.3 Å². The highest BCUT2D eigenvalue weighted by atomic mass is 16.5. The van der Waals surface area contributed by atoms with Crippen LogP contribution in [-0.4, -0.2) is 61.8 Å². The SMILES string of the molecule is CCOC(=O)c1ccc(NC(=O)NC2C[C@H]3CC[C@@H](C2)N3Cc2nnnn2Cc2ccco2)cc1. The van der Waals surface area contributed by atoms with E-state index in [0.717, 1.165) is 37.3 Å². The summed E-state index contributed by atoms with van der Waals surface area (Å²) in [6, 6.07) is 11.1. The van der Waals surface area contributed by atoms with E-state index in [4.69, 9.17) is 9.15 Å². The molecular weight excluding hydrogens is 450 g/mol. The lowest BCUT2D eigenvalue weighted by Gasteiger charge is -2.38. The van der Waals surface area contributed by atoms with E-state index in [1.165, 1.54) is 0 Å². The fourth-order valence-corrected chi connectivity index (χ4v) is 5.08. The van der Waals surface area contributed by atoms with Crippen LogP contribution in [0.15, 0.2) is 47.1 Å². The van der Waals surface area contributed by atoms with Crippen molar-refractivity contribution in [3.8, 4) is 0 Å². The molecule has 0 aliphatic carbocycles. The molecule has 2 fully saturated rings. The topological polar surface area (TPSA) is 127 Å². The number of ether oxygens (including phenoxy) is 1. The molecule has 11 nitrogen and oxygen atoms in total. The number of piperidine rings is 1. The number of tetrazole rings is 1. The summed E-state index contributed by atoms with van der Waals surface area (Å²) in [5, 5.41) is 18.2. The number of hydrogen-bond donors (Lipinski definition) is 2. The number of amides is 2. The number of nitrogens with zero attached hydrogens (tertiary/aromatic N) is 5. The summed E-state index contributed by atoms with van der Waals surface area (Å²) in [7, 11) is 0. The lowest BCUT2D eigenvalue weighted by atomic mass is 9.97. The van der Waals surface area contributed by atoms with Gasteiger partial charge >= 0.3 is 12.0 Å². The van der Waals surface area contributed by atoms with Gasteiger partial charge in [-0.05, 0) is 79.4 Å². The van der Waals surface area contributed by atoms with E-state index in [-0.39, 0.29) is 18.0 Å². The van der Waals surface area contributed by atoms with Crippen molar-refractivity contribution >= 4 is 17.7 Å². The summed E-state index contributed by atoms with van der Waals surface area (Å²) in [5.74, 6) is 1.25. The van der Waals surface area contributed by atoms with Gasteiger partial charge in [-0.1, -0.05) is 0 Å². The standard InChI is InChI=1S/C24H29N7O4/c1-2-34-23(32)16-5-7-17(8-6-16)25-24(33)26-18-12-19-9-10-20(13-18)30(19)15-22-27-28-29-31(22)14-21-4-3-11-35-21/h3-8,11,18-20H,2,9-10,12-15H2,1H3,(H2,25,26,33)/t18?,19-,20+. The minimum atomic E-state index is -0.374. The maximum Gasteiger partial charge on any atom is 0.338 e. The molecule has 4 heterocycles. The Bertz CT molecular complexity index is 1130. The Balaban J connectivity index is 1.14. The highest BCUT2D eigenvalue weighted by molar-refractivity contribution is 5.92. The molecule has 2 aliphatic rings. The summed E-state index contributed by atoms with van der Waals surface area (Å²) in [6.45, 7) is 3.27. The second kappa shape index (κ2) is 10.3. The number of carbonyl (C=O) groups is 2. The molecule has 3 aromatic rings. The van der Waals surface area contributed by atoms with Crippen LogP contribution >= 0.6 is 0 Å². The molecule has 0 spiro atoms.